The molecule has 0 fully saturated rings. The van der Waals surface area contributed by atoms with Gasteiger partial charge in [0, 0.05) is 18.7 Å². The zero-order valence-corrected chi connectivity index (χ0v) is 14.8. The summed E-state index contributed by atoms with van der Waals surface area (Å²) in [6.45, 7) is 1.56. The minimum absolute atomic E-state index is 0.00458. The van der Waals surface area contributed by atoms with E-state index in [9.17, 15) is 15.0 Å². The Morgan fingerprint density at radius 1 is 1.39 bits per heavy atom. The second-order valence-corrected chi connectivity index (χ2v) is 5.54. The topological polar surface area (TPSA) is 187 Å². The lowest BCUT2D eigenvalue weighted by Crippen LogP contribution is -2.24. The molecule has 1 aromatic carbocycles. The zero-order valence-electron chi connectivity index (χ0n) is 14.8. The molecule has 2 heterocycles. The zero-order chi connectivity index (χ0) is 20.3. The van der Waals surface area contributed by atoms with Crippen molar-refractivity contribution in [2.24, 2.45) is 5.10 Å². The number of carbonyl (C=O) groups is 1. The Balaban J connectivity index is 1.91. The molecular formula is C15H16N8O5. The van der Waals surface area contributed by atoms with Gasteiger partial charge in [-0.2, -0.15) is 9.78 Å². The number of nitrogens with one attached hydrogen (secondary N) is 1. The molecule has 3 aromatic rings. The minimum atomic E-state index is -0.683. The van der Waals surface area contributed by atoms with Crippen LogP contribution in [0.5, 0.6) is 11.5 Å². The summed E-state index contributed by atoms with van der Waals surface area (Å²) in [5, 5.41) is 38.0. The van der Waals surface area contributed by atoms with Crippen molar-refractivity contribution in [2.45, 2.75) is 13.5 Å². The number of carbonyl (C=O) groups excluding carboxylic acids is 1. The van der Waals surface area contributed by atoms with Crippen LogP contribution in [-0.4, -0.2) is 54.2 Å². The van der Waals surface area contributed by atoms with Crippen molar-refractivity contribution < 1.29 is 24.4 Å². The predicted molar refractivity (Wildman–Crippen MR) is 93.8 cm³/mol. The SMILES string of the molecule is COCc1nnn(-c2nonc2N)c1C(=O)N/N=C(\C)c1ccc(O)cc1O. The number of rotatable bonds is 6. The van der Waals surface area contributed by atoms with Crippen LogP contribution in [0.15, 0.2) is 27.9 Å². The molecule has 0 unspecified atom stereocenters. The molecule has 0 radical (unpaired) electrons. The number of anilines is 1. The van der Waals surface area contributed by atoms with Crippen LogP contribution in [0.2, 0.25) is 0 Å². The van der Waals surface area contributed by atoms with Crippen molar-refractivity contribution >= 4 is 17.4 Å². The Morgan fingerprint density at radius 2 is 2.18 bits per heavy atom. The molecule has 2 aromatic heterocycles. The van der Waals surface area contributed by atoms with Crippen molar-refractivity contribution in [3.05, 3.63) is 35.2 Å². The number of methoxy groups -OCH3 is 1. The summed E-state index contributed by atoms with van der Waals surface area (Å²) in [4.78, 5) is 12.7. The van der Waals surface area contributed by atoms with Gasteiger partial charge in [0.05, 0.1) is 12.3 Å². The molecule has 0 saturated heterocycles. The molecule has 0 bridgehead atoms. The average Bonchev–Trinajstić information content (AvgIpc) is 3.25. The predicted octanol–water partition coefficient (Wildman–Crippen LogP) is -0.0559. The maximum absolute atomic E-state index is 12.7. The van der Waals surface area contributed by atoms with E-state index in [1.54, 1.807) is 6.92 Å². The standard InChI is InChI=1S/C15H16N8O5/c1-7(9-4-3-8(24)5-11(9)25)17-19-15(26)12-10(6-27-2)18-22-23(12)14-13(16)20-28-21-14/h3-5,24-25H,6H2,1-2H3,(H2,16,20)(H,19,26)/b17-7+. The van der Waals surface area contributed by atoms with Crippen molar-refractivity contribution in [2.75, 3.05) is 12.8 Å². The van der Waals surface area contributed by atoms with Crippen LogP contribution in [0.4, 0.5) is 5.82 Å². The van der Waals surface area contributed by atoms with E-state index in [4.69, 9.17) is 10.5 Å². The number of hydrogen-bond donors (Lipinski definition) is 4. The number of benzene rings is 1. The third-order valence-electron chi connectivity index (χ3n) is 3.63. The van der Waals surface area contributed by atoms with E-state index in [2.05, 4.69) is 35.8 Å². The normalized spacial score (nSPS) is 11.6. The Kier molecular flexibility index (Phi) is 5.17. The van der Waals surface area contributed by atoms with Crippen LogP contribution < -0.4 is 11.2 Å². The van der Waals surface area contributed by atoms with Crippen LogP contribution in [0.25, 0.3) is 5.82 Å². The molecule has 146 valence electrons. The summed E-state index contributed by atoms with van der Waals surface area (Å²) in [7, 11) is 1.43. The second-order valence-electron chi connectivity index (χ2n) is 5.54. The molecule has 0 spiro atoms. The minimum Gasteiger partial charge on any atom is -0.508 e. The van der Waals surface area contributed by atoms with Crippen molar-refractivity contribution in [3.8, 4) is 17.3 Å². The highest BCUT2D eigenvalue weighted by atomic mass is 16.6. The number of phenolic OH excluding ortho intramolecular Hbond substituents is 2. The smallest absolute Gasteiger partial charge is 0.292 e. The lowest BCUT2D eigenvalue weighted by molar-refractivity contribution is 0.0941. The number of amides is 1. The molecule has 0 aliphatic heterocycles. The first-order valence-electron chi connectivity index (χ1n) is 7.81. The van der Waals surface area contributed by atoms with E-state index in [1.807, 2.05) is 0 Å². The van der Waals surface area contributed by atoms with Gasteiger partial charge in [-0.05, 0) is 29.4 Å². The summed E-state index contributed by atoms with van der Waals surface area (Å²) >= 11 is 0. The molecule has 28 heavy (non-hydrogen) atoms. The van der Waals surface area contributed by atoms with Gasteiger partial charge < -0.3 is 20.7 Å². The third-order valence-corrected chi connectivity index (χ3v) is 3.63. The van der Waals surface area contributed by atoms with Gasteiger partial charge in [0.2, 0.25) is 11.6 Å². The number of nitrogens with zero attached hydrogens (tertiary/aromatic N) is 6. The number of aromatic nitrogens is 5. The van der Waals surface area contributed by atoms with Gasteiger partial charge in [-0.15, -0.1) is 5.10 Å². The lowest BCUT2D eigenvalue weighted by atomic mass is 10.1. The second kappa shape index (κ2) is 7.71. The monoisotopic (exact) mass is 388 g/mol. The number of phenols is 2. The Labute approximate surface area is 157 Å². The van der Waals surface area contributed by atoms with Crippen LogP contribution in [0.1, 0.15) is 28.7 Å². The molecule has 1 amide bonds. The number of nitrogens with two attached hydrogens (primary N) is 1. The van der Waals surface area contributed by atoms with Crippen LogP contribution in [0.3, 0.4) is 0 Å². The summed E-state index contributed by atoms with van der Waals surface area (Å²) < 4.78 is 10.6. The first-order chi connectivity index (χ1) is 13.4. The van der Waals surface area contributed by atoms with Gasteiger partial charge in [-0.3, -0.25) is 4.79 Å². The Hall–Kier alpha value is -4.00. The number of nitrogen functional groups attached to an aromatic ring is 1. The molecule has 0 aliphatic carbocycles. The largest absolute Gasteiger partial charge is 0.508 e. The highest BCUT2D eigenvalue weighted by Gasteiger charge is 2.25. The Morgan fingerprint density at radius 3 is 2.82 bits per heavy atom. The molecule has 13 nitrogen and oxygen atoms in total. The van der Waals surface area contributed by atoms with E-state index in [-0.39, 0.29) is 41.1 Å². The van der Waals surface area contributed by atoms with Crippen LogP contribution >= 0.6 is 0 Å². The average molecular weight is 388 g/mol. The molecular weight excluding hydrogens is 372 g/mol. The molecule has 0 aliphatic rings. The fourth-order valence-electron chi connectivity index (χ4n) is 2.33. The lowest BCUT2D eigenvalue weighted by Gasteiger charge is -2.07. The van der Waals surface area contributed by atoms with Gasteiger partial charge in [0.25, 0.3) is 5.91 Å². The third kappa shape index (κ3) is 3.59. The van der Waals surface area contributed by atoms with Crippen LogP contribution in [-0.2, 0) is 11.3 Å². The van der Waals surface area contributed by atoms with Gasteiger partial charge in [0.15, 0.2) is 5.69 Å². The highest BCUT2D eigenvalue weighted by Crippen LogP contribution is 2.23. The molecule has 0 saturated carbocycles. The first kappa shape index (κ1) is 18.8. The number of hydrazone groups is 1. The van der Waals surface area contributed by atoms with E-state index in [0.29, 0.717) is 11.3 Å². The highest BCUT2D eigenvalue weighted by molar-refractivity contribution is 6.02. The van der Waals surface area contributed by atoms with E-state index >= 15 is 0 Å². The molecule has 5 N–H and O–H groups in total. The quantitative estimate of drug-likeness (QED) is 0.329. The van der Waals surface area contributed by atoms with Gasteiger partial charge in [-0.25, -0.2) is 10.1 Å². The molecule has 3 rings (SSSR count). The number of hydrogen-bond acceptors (Lipinski definition) is 11. The summed E-state index contributed by atoms with van der Waals surface area (Å²) in [5.74, 6) is -1.08. The maximum atomic E-state index is 12.7. The van der Waals surface area contributed by atoms with Gasteiger partial charge in [0.1, 0.15) is 17.2 Å². The fraction of sp³-hybridized carbons (Fsp3) is 0.200. The summed E-state index contributed by atoms with van der Waals surface area (Å²) in [5.41, 5.74) is 8.80. The first-order valence-corrected chi connectivity index (χ1v) is 7.81. The summed E-state index contributed by atoms with van der Waals surface area (Å²) in [6, 6.07) is 4.00. The Bertz CT molecular complexity index is 1040. The van der Waals surface area contributed by atoms with Crippen molar-refractivity contribution in [1.82, 2.24) is 30.7 Å². The molecule has 13 heteroatoms. The van der Waals surface area contributed by atoms with Gasteiger partial charge in [-0.1, -0.05) is 5.21 Å². The fourth-order valence-corrected chi connectivity index (χ4v) is 2.33. The van der Waals surface area contributed by atoms with Gasteiger partial charge >= 0.3 is 0 Å². The number of ether oxygens (including phenoxy) is 1. The van der Waals surface area contributed by atoms with E-state index < -0.39 is 5.91 Å². The van der Waals surface area contributed by atoms with Crippen LogP contribution in [0, 0.1) is 0 Å². The maximum Gasteiger partial charge on any atom is 0.292 e. The van der Waals surface area contributed by atoms with E-state index in [0.717, 1.165) is 10.7 Å². The van der Waals surface area contributed by atoms with Crippen molar-refractivity contribution in [1.29, 1.82) is 0 Å². The van der Waals surface area contributed by atoms with E-state index in [1.165, 1.54) is 19.2 Å². The molecule has 0 atom stereocenters. The summed E-state index contributed by atoms with van der Waals surface area (Å²) in [6.07, 6.45) is 0. The number of aromatic hydroxyl groups is 2. The van der Waals surface area contributed by atoms with Crippen molar-refractivity contribution in [3.63, 3.8) is 0 Å².